The van der Waals surface area contributed by atoms with E-state index in [-0.39, 0.29) is 25.3 Å². The van der Waals surface area contributed by atoms with Gasteiger partial charge in [0.15, 0.2) is 0 Å². The zero-order valence-corrected chi connectivity index (χ0v) is 13.3. The Morgan fingerprint density at radius 2 is 2.00 bits per heavy atom. The Bertz CT molecular complexity index is 574. The molecule has 1 aromatic rings. The van der Waals surface area contributed by atoms with E-state index in [1.807, 2.05) is 20.8 Å². The minimum absolute atomic E-state index is 0.0303. The van der Waals surface area contributed by atoms with E-state index in [4.69, 9.17) is 4.74 Å². The Balaban J connectivity index is 2.10. The molecular formula is C15H23N3O4. The summed E-state index contributed by atoms with van der Waals surface area (Å²) < 4.78 is 6.83. The van der Waals surface area contributed by atoms with Crippen molar-refractivity contribution >= 4 is 11.9 Å². The van der Waals surface area contributed by atoms with Crippen molar-refractivity contribution in [3.63, 3.8) is 0 Å². The van der Waals surface area contributed by atoms with Crippen LogP contribution in [0.15, 0.2) is 0 Å². The molecule has 1 aliphatic heterocycles. The summed E-state index contributed by atoms with van der Waals surface area (Å²) >= 11 is 0. The van der Waals surface area contributed by atoms with Crippen LogP contribution in [0.5, 0.6) is 0 Å². The van der Waals surface area contributed by atoms with Crippen LogP contribution in [0.3, 0.4) is 0 Å². The number of aryl methyl sites for hydroxylation is 1. The third-order valence-electron chi connectivity index (χ3n) is 4.31. The highest BCUT2D eigenvalue weighted by Crippen LogP contribution is 2.21. The molecule has 1 saturated heterocycles. The molecule has 7 heteroatoms. The van der Waals surface area contributed by atoms with E-state index in [1.54, 1.807) is 4.68 Å². The van der Waals surface area contributed by atoms with Crippen LogP contribution in [0.1, 0.15) is 36.7 Å². The predicted molar refractivity (Wildman–Crippen MR) is 79.6 cm³/mol. The summed E-state index contributed by atoms with van der Waals surface area (Å²) in [5.41, 5.74) is 1.77. The lowest BCUT2D eigenvalue weighted by Crippen LogP contribution is -2.58. The van der Waals surface area contributed by atoms with Crippen LogP contribution in [0.2, 0.25) is 0 Å². The fourth-order valence-electron chi connectivity index (χ4n) is 2.95. The number of rotatable bonds is 5. The van der Waals surface area contributed by atoms with Crippen molar-refractivity contribution in [3.8, 4) is 0 Å². The van der Waals surface area contributed by atoms with Gasteiger partial charge in [0.1, 0.15) is 12.1 Å². The summed E-state index contributed by atoms with van der Waals surface area (Å²) in [5, 5.41) is 16.5. The van der Waals surface area contributed by atoms with Crippen molar-refractivity contribution in [3.05, 3.63) is 17.0 Å². The van der Waals surface area contributed by atoms with Gasteiger partial charge in [-0.05, 0) is 25.8 Å². The summed E-state index contributed by atoms with van der Waals surface area (Å²) in [6.07, 6.45) is 1.42. The van der Waals surface area contributed by atoms with Crippen LogP contribution in [0.25, 0.3) is 0 Å². The molecule has 2 heterocycles. The Labute approximate surface area is 129 Å². The van der Waals surface area contributed by atoms with Gasteiger partial charge in [-0.25, -0.2) is 4.79 Å². The largest absolute Gasteiger partial charge is 0.480 e. The quantitative estimate of drug-likeness (QED) is 0.839. The summed E-state index contributed by atoms with van der Waals surface area (Å²) in [5.74, 6) is -1.34. The van der Waals surface area contributed by atoms with Gasteiger partial charge >= 0.3 is 5.97 Å². The second-order valence-electron chi connectivity index (χ2n) is 5.71. The molecule has 0 bridgehead atoms. The number of carbonyl (C=O) groups is 2. The first-order chi connectivity index (χ1) is 10.4. The van der Waals surface area contributed by atoms with Crippen molar-refractivity contribution in [2.75, 3.05) is 13.2 Å². The van der Waals surface area contributed by atoms with Crippen LogP contribution in [-0.2, 0) is 27.3 Å². The number of aliphatic carboxylic acids is 1. The number of nitrogens with one attached hydrogen (secondary N) is 1. The number of aromatic nitrogens is 2. The van der Waals surface area contributed by atoms with Gasteiger partial charge in [-0.2, -0.15) is 5.10 Å². The minimum atomic E-state index is -1.22. The molecule has 7 nitrogen and oxygen atoms in total. The van der Waals surface area contributed by atoms with Gasteiger partial charge in [-0.3, -0.25) is 9.48 Å². The van der Waals surface area contributed by atoms with Gasteiger partial charge in [0.25, 0.3) is 0 Å². The number of hydrogen-bond acceptors (Lipinski definition) is 4. The van der Waals surface area contributed by atoms with E-state index < -0.39 is 11.5 Å². The maximum Gasteiger partial charge on any atom is 0.329 e. The standard InChI is InChI=1S/C15H23N3O4/c1-4-12-10(2)17-18(11(12)3)9-13(19)16-15(14(20)21)5-7-22-8-6-15/h4-9H2,1-3H3,(H,16,19)(H,20,21). The second kappa shape index (κ2) is 6.48. The van der Waals surface area contributed by atoms with Crippen molar-refractivity contribution in [1.29, 1.82) is 0 Å². The van der Waals surface area contributed by atoms with Crippen LogP contribution in [-0.4, -0.2) is 45.5 Å². The summed E-state index contributed by atoms with van der Waals surface area (Å²) in [6.45, 7) is 6.59. The molecule has 1 aliphatic rings. The first-order valence-corrected chi connectivity index (χ1v) is 7.54. The smallest absolute Gasteiger partial charge is 0.329 e. The fourth-order valence-corrected chi connectivity index (χ4v) is 2.95. The SMILES string of the molecule is CCc1c(C)nn(CC(=O)NC2(C(=O)O)CCOCC2)c1C. The molecule has 0 saturated carbocycles. The number of hydrogen-bond donors (Lipinski definition) is 2. The summed E-state index contributed by atoms with van der Waals surface area (Å²) in [7, 11) is 0. The molecule has 122 valence electrons. The van der Waals surface area contributed by atoms with Crippen molar-refractivity contribution in [2.24, 2.45) is 0 Å². The molecular weight excluding hydrogens is 286 g/mol. The molecule has 1 amide bonds. The van der Waals surface area contributed by atoms with Crippen molar-refractivity contribution < 1.29 is 19.4 Å². The van der Waals surface area contributed by atoms with E-state index >= 15 is 0 Å². The minimum Gasteiger partial charge on any atom is -0.480 e. The van der Waals surface area contributed by atoms with E-state index in [9.17, 15) is 14.7 Å². The lowest BCUT2D eigenvalue weighted by atomic mass is 9.90. The molecule has 1 aromatic heterocycles. The summed E-state index contributed by atoms with van der Waals surface area (Å²) in [4.78, 5) is 23.8. The van der Waals surface area contributed by atoms with Crippen molar-refractivity contribution in [1.82, 2.24) is 15.1 Å². The van der Waals surface area contributed by atoms with Crippen LogP contribution in [0.4, 0.5) is 0 Å². The lowest BCUT2D eigenvalue weighted by molar-refractivity contribution is -0.152. The predicted octanol–water partition coefficient (Wildman–Crippen LogP) is 0.812. The molecule has 22 heavy (non-hydrogen) atoms. The van der Waals surface area contributed by atoms with Gasteiger partial charge in [0.05, 0.1) is 5.69 Å². The van der Waals surface area contributed by atoms with E-state index in [0.717, 1.165) is 23.4 Å². The Morgan fingerprint density at radius 3 is 2.50 bits per heavy atom. The van der Waals surface area contributed by atoms with Crippen LogP contribution >= 0.6 is 0 Å². The molecule has 0 aliphatic carbocycles. The lowest BCUT2D eigenvalue weighted by Gasteiger charge is -2.33. The molecule has 1 fully saturated rings. The summed E-state index contributed by atoms with van der Waals surface area (Å²) in [6, 6.07) is 0. The number of ether oxygens (including phenoxy) is 1. The molecule has 0 aromatic carbocycles. The van der Waals surface area contributed by atoms with Gasteiger partial charge in [0, 0.05) is 31.7 Å². The number of nitrogens with zero attached hydrogens (tertiary/aromatic N) is 2. The zero-order valence-electron chi connectivity index (χ0n) is 13.3. The van der Waals surface area contributed by atoms with Gasteiger partial charge < -0.3 is 15.2 Å². The highest BCUT2D eigenvalue weighted by atomic mass is 16.5. The third-order valence-corrected chi connectivity index (χ3v) is 4.31. The Hall–Kier alpha value is -1.89. The number of amides is 1. The highest BCUT2D eigenvalue weighted by molar-refractivity contribution is 5.87. The second-order valence-corrected chi connectivity index (χ2v) is 5.71. The molecule has 0 atom stereocenters. The van der Waals surface area contributed by atoms with Crippen LogP contribution < -0.4 is 5.32 Å². The first kappa shape index (κ1) is 16.5. The number of carbonyl (C=O) groups excluding carboxylic acids is 1. The van der Waals surface area contributed by atoms with E-state index in [2.05, 4.69) is 10.4 Å². The topological polar surface area (TPSA) is 93.5 Å². The fraction of sp³-hybridized carbons (Fsp3) is 0.667. The normalized spacial score (nSPS) is 17.2. The van der Waals surface area contributed by atoms with E-state index in [0.29, 0.717) is 13.2 Å². The Kier molecular flexibility index (Phi) is 4.85. The highest BCUT2D eigenvalue weighted by Gasteiger charge is 2.41. The Morgan fingerprint density at radius 1 is 1.36 bits per heavy atom. The molecule has 0 spiro atoms. The molecule has 0 unspecified atom stereocenters. The molecule has 0 radical (unpaired) electrons. The third kappa shape index (κ3) is 3.14. The number of carboxylic acids is 1. The molecule has 2 N–H and O–H groups in total. The van der Waals surface area contributed by atoms with Crippen molar-refractivity contribution in [2.45, 2.75) is 52.1 Å². The first-order valence-electron chi connectivity index (χ1n) is 7.54. The van der Waals surface area contributed by atoms with Gasteiger partial charge in [-0.1, -0.05) is 6.92 Å². The molecule has 2 rings (SSSR count). The van der Waals surface area contributed by atoms with Crippen LogP contribution in [0, 0.1) is 13.8 Å². The van der Waals surface area contributed by atoms with E-state index in [1.165, 1.54) is 0 Å². The maximum absolute atomic E-state index is 12.3. The average Bonchev–Trinajstić information content (AvgIpc) is 2.73. The monoisotopic (exact) mass is 309 g/mol. The van der Waals surface area contributed by atoms with Gasteiger partial charge in [0.2, 0.25) is 5.91 Å². The average molecular weight is 309 g/mol. The van der Waals surface area contributed by atoms with Gasteiger partial charge in [-0.15, -0.1) is 0 Å². The zero-order chi connectivity index (χ0) is 16.3. The maximum atomic E-state index is 12.3. The number of carboxylic acid groups (broad SMARTS) is 1.